The van der Waals surface area contributed by atoms with Gasteiger partial charge in [-0.25, -0.2) is 13.6 Å². The van der Waals surface area contributed by atoms with Gasteiger partial charge in [-0.3, -0.25) is 4.98 Å². The van der Waals surface area contributed by atoms with Crippen molar-refractivity contribution in [1.82, 2.24) is 10.3 Å². The van der Waals surface area contributed by atoms with E-state index in [1.54, 1.807) is 0 Å². The average Bonchev–Trinajstić information content (AvgIpc) is 2.21. The zero-order chi connectivity index (χ0) is 12.1. The largest absolute Gasteiger partial charge is 0.465 e. The van der Waals surface area contributed by atoms with Gasteiger partial charge in [-0.2, -0.15) is 0 Å². The fourth-order valence-corrected chi connectivity index (χ4v) is 1.13. The van der Waals surface area contributed by atoms with Gasteiger partial charge in [0.1, 0.15) is 23.4 Å². The van der Waals surface area contributed by atoms with Crippen LogP contribution in [0.4, 0.5) is 13.6 Å². The number of hydrogen-bond acceptors (Lipinski definition) is 3. The lowest BCUT2D eigenvalue weighted by Crippen LogP contribution is -2.28. The molecule has 88 valence electrons. The maximum absolute atomic E-state index is 13.3. The molecule has 5 nitrogen and oxygen atoms in total. The predicted octanol–water partition coefficient (Wildman–Crippen LogP) is 1.31. The lowest BCUT2D eigenvalue weighted by Gasteiger charge is -2.14. The molecule has 0 aliphatic carbocycles. The van der Waals surface area contributed by atoms with Crippen LogP contribution in [0.25, 0.3) is 0 Å². The van der Waals surface area contributed by atoms with Crippen molar-refractivity contribution in [3.63, 3.8) is 0 Å². The van der Waals surface area contributed by atoms with Crippen molar-refractivity contribution in [3.8, 4) is 0 Å². The molecule has 1 rings (SSSR count). The van der Waals surface area contributed by atoms with Crippen molar-refractivity contribution in [2.24, 2.45) is 0 Å². The summed E-state index contributed by atoms with van der Waals surface area (Å²) in [4.78, 5) is 13.8. The van der Waals surface area contributed by atoms with Crippen LogP contribution >= 0.6 is 0 Å². The molecule has 0 radical (unpaired) electrons. The minimum absolute atomic E-state index is 0.141. The molecule has 0 aliphatic heterocycles. The van der Waals surface area contributed by atoms with Crippen molar-refractivity contribution in [2.75, 3.05) is 13.7 Å². The molecule has 1 amide bonds. The first-order valence-electron chi connectivity index (χ1n) is 4.35. The summed E-state index contributed by atoms with van der Waals surface area (Å²) in [5.74, 6) is -1.68. The lowest BCUT2D eigenvalue weighted by molar-refractivity contribution is 0.0936. The second-order valence-corrected chi connectivity index (χ2v) is 2.93. The van der Waals surface area contributed by atoms with Crippen LogP contribution < -0.4 is 5.32 Å². The molecule has 0 saturated carbocycles. The van der Waals surface area contributed by atoms with Crippen LogP contribution in [0.15, 0.2) is 12.3 Å². The van der Waals surface area contributed by atoms with Crippen molar-refractivity contribution >= 4 is 6.09 Å². The molecule has 7 heteroatoms. The Morgan fingerprint density at radius 2 is 2.38 bits per heavy atom. The van der Waals surface area contributed by atoms with E-state index in [0.717, 1.165) is 6.20 Å². The van der Waals surface area contributed by atoms with Gasteiger partial charge in [0.15, 0.2) is 0 Å². The van der Waals surface area contributed by atoms with E-state index in [9.17, 15) is 13.6 Å². The molecule has 0 spiro atoms. The van der Waals surface area contributed by atoms with Gasteiger partial charge >= 0.3 is 6.09 Å². The highest BCUT2D eigenvalue weighted by atomic mass is 19.1. The summed E-state index contributed by atoms with van der Waals surface area (Å²) >= 11 is 0. The first-order chi connectivity index (χ1) is 7.54. The predicted molar refractivity (Wildman–Crippen MR) is 49.9 cm³/mol. The second kappa shape index (κ2) is 5.36. The number of carbonyl (C=O) groups is 1. The van der Waals surface area contributed by atoms with Crippen LogP contribution in [0.3, 0.4) is 0 Å². The van der Waals surface area contributed by atoms with Crippen molar-refractivity contribution in [2.45, 2.75) is 6.10 Å². The zero-order valence-corrected chi connectivity index (χ0v) is 8.41. The van der Waals surface area contributed by atoms with E-state index in [-0.39, 0.29) is 12.2 Å². The Morgan fingerprint density at radius 3 is 2.88 bits per heavy atom. The summed E-state index contributed by atoms with van der Waals surface area (Å²) in [5, 5.41) is 10.4. The Labute approximate surface area is 90.1 Å². The normalized spacial score (nSPS) is 12.2. The molecule has 0 bridgehead atoms. The van der Waals surface area contributed by atoms with E-state index in [0.29, 0.717) is 6.07 Å². The smallest absolute Gasteiger partial charge is 0.404 e. The first-order valence-corrected chi connectivity index (χ1v) is 4.35. The molecule has 1 aromatic rings. The van der Waals surface area contributed by atoms with E-state index in [1.807, 2.05) is 5.32 Å². The number of amides is 1. The third-order valence-corrected chi connectivity index (χ3v) is 1.86. The van der Waals surface area contributed by atoms with Gasteiger partial charge in [0.2, 0.25) is 0 Å². The molecule has 1 aromatic heterocycles. The fraction of sp³-hybridized carbons (Fsp3) is 0.333. The molecule has 16 heavy (non-hydrogen) atoms. The van der Waals surface area contributed by atoms with E-state index < -0.39 is 23.8 Å². The quantitative estimate of drug-likeness (QED) is 0.821. The molecule has 0 saturated heterocycles. The van der Waals surface area contributed by atoms with E-state index in [1.165, 1.54) is 7.11 Å². The monoisotopic (exact) mass is 232 g/mol. The van der Waals surface area contributed by atoms with Crippen LogP contribution in [0.5, 0.6) is 0 Å². The molecule has 1 unspecified atom stereocenters. The van der Waals surface area contributed by atoms with Gasteiger partial charge in [0, 0.05) is 13.2 Å². The number of nitrogens with one attached hydrogen (secondary N) is 1. The van der Waals surface area contributed by atoms with E-state index in [4.69, 9.17) is 9.84 Å². The summed E-state index contributed by atoms with van der Waals surface area (Å²) < 4.78 is 30.7. The number of ether oxygens (including phenoxy) is 1. The minimum atomic E-state index is -1.26. The Kier molecular flexibility index (Phi) is 4.12. The SMILES string of the molecule is COC(CNC(=O)O)c1ncc(F)cc1F. The lowest BCUT2D eigenvalue weighted by atomic mass is 10.2. The van der Waals surface area contributed by atoms with Crippen LogP contribution in [-0.4, -0.2) is 29.8 Å². The third-order valence-electron chi connectivity index (χ3n) is 1.86. The first kappa shape index (κ1) is 12.3. The number of halogens is 2. The van der Waals surface area contributed by atoms with Gasteiger partial charge in [-0.1, -0.05) is 0 Å². The number of pyridine rings is 1. The molecule has 1 atom stereocenters. The number of methoxy groups -OCH3 is 1. The van der Waals surface area contributed by atoms with Crippen LogP contribution in [0.1, 0.15) is 11.8 Å². The Bertz CT molecular complexity index is 387. The maximum Gasteiger partial charge on any atom is 0.404 e. The molecule has 1 heterocycles. The molecule has 0 fully saturated rings. The zero-order valence-electron chi connectivity index (χ0n) is 8.41. The number of carboxylic acid groups (broad SMARTS) is 1. The minimum Gasteiger partial charge on any atom is -0.465 e. The van der Waals surface area contributed by atoms with Crippen molar-refractivity contribution in [1.29, 1.82) is 0 Å². The number of rotatable bonds is 4. The fourth-order valence-electron chi connectivity index (χ4n) is 1.13. The highest BCUT2D eigenvalue weighted by molar-refractivity contribution is 5.64. The molecular weight excluding hydrogens is 222 g/mol. The van der Waals surface area contributed by atoms with E-state index >= 15 is 0 Å². The van der Waals surface area contributed by atoms with Crippen LogP contribution in [-0.2, 0) is 4.74 Å². The van der Waals surface area contributed by atoms with E-state index in [2.05, 4.69) is 4.98 Å². The van der Waals surface area contributed by atoms with Gasteiger partial charge in [-0.05, 0) is 0 Å². The van der Waals surface area contributed by atoms with Gasteiger partial charge in [0.05, 0.1) is 12.7 Å². The standard InChI is InChI=1S/C9H10F2N2O3/c1-16-7(4-13-9(14)15)8-6(11)2-5(10)3-12-8/h2-3,7,13H,4H2,1H3,(H,14,15). The molecule has 0 aliphatic rings. The summed E-state index contributed by atoms with van der Waals surface area (Å²) in [6.07, 6.45) is -1.31. The van der Waals surface area contributed by atoms with Crippen LogP contribution in [0.2, 0.25) is 0 Å². The maximum atomic E-state index is 13.3. The molecule has 0 aromatic carbocycles. The molecule has 2 N–H and O–H groups in total. The summed E-state index contributed by atoms with van der Waals surface area (Å²) in [6, 6.07) is 0.662. The summed E-state index contributed by atoms with van der Waals surface area (Å²) in [7, 11) is 1.28. The summed E-state index contributed by atoms with van der Waals surface area (Å²) in [5.41, 5.74) is -0.141. The van der Waals surface area contributed by atoms with Gasteiger partial charge < -0.3 is 15.2 Å². The number of nitrogens with zero attached hydrogens (tertiary/aromatic N) is 1. The highest BCUT2D eigenvalue weighted by Gasteiger charge is 2.18. The third kappa shape index (κ3) is 3.13. The van der Waals surface area contributed by atoms with Gasteiger partial charge in [-0.15, -0.1) is 0 Å². The Morgan fingerprint density at radius 1 is 1.69 bits per heavy atom. The number of hydrogen-bond donors (Lipinski definition) is 2. The van der Waals surface area contributed by atoms with Crippen LogP contribution in [0, 0.1) is 11.6 Å². The van der Waals surface area contributed by atoms with Gasteiger partial charge in [0.25, 0.3) is 0 Å². The topological polar surface area (TPSA) is 71.5 Å². The number of aromatic nitrogens is 1. The average molecular weight is 232 g/mol. The highest BCUT2D eigenvalue weighted by Crippen LogP contribution is 2.17. The Hall–Kier alpha value is -1.76. The van der Waals surface area contributed by atoms with Crippen molar-refractivity contribution < 1.29 is 23.4 Å². The summed E-state index contributed by atoms with van der Waals surface area (Å²) in [6.45, 7) is -0.165. The molecular formula is C9H10F2N2O3. The Balaban J connectivity index is 2.82. The second-order valence-electron chi connectivity index (χ2n) is 2.93. The van der Waals surface area contributed by atoms with Crippen molar-refractivity contribution in [3.05, 3.63) is 29.6 Å².